The number of carbonyl (C=O) groups excluding carboxylic acids is 1. The summed E-state index contributed by atoms with van der Waals surface area (Å²) in [7, 11) is 0. The van der Waals surface area contributed by atoms with Crippen LogP contribution in [0.1, 0.15) is 39.5 Å². The molecule has 1 aliphatic heterocycles. The zero-order valence-corrected chi connectivity index (χ0v) is 14.8. The van der Waals surface area contributed by atoms with Gasteiger partial charge in [0, 0.05) is 12.5 Å². The number of ether oxygens (including phenoxy) is 2. The Hall–Kier alpha value is -0.760. The minimum atomic E-state index is -4.61. The van der Waals surface area contributed by atoms with Crippen molar-refractivity contribution < 1.29 is 31.8 Å². The summed E-state index contributed by atoms with van der Waals surface area (Å²) in [5.74, 6) is -2.94. The highest BCUT2D eigenvalue weighted by Crippen LogP contribution is 2.35. The minimum absolute atomic E-state index is 0.0886. The Bertz CT molecular complexity index is 432. The zero-order valence-electron chi connectivity index (χ0n) is 14.0. The fourth-order valence-corrected chi connectivity index (χ4v) is 3.41. The first kappa shape index (κ1) is 21.3. The minimum Gasteiger partial charge on any atom is -0.457 e. The van der Waals surface area contributed by atoms with E-state index >= 15 is 0 Å². The van der Waals surface area contributed by atoms with Gasteiger partial charge in [-0.1, -0.05) is 13.5 Å². The Balaban J connectivity index is 2.69. The Morgan fingerprint density at radius 1 is 1.29 bits per heavy atom. The van der Waals surface area contributed by atoms with Crippen molar-refractivity contribution in [3.8, 4) is 0 Å². The van der Waals surface area contributed by atoms with Crippen molar-refractivity contribution in [1.82, 2.24) is 0 Å². The van der Waals surface area contributed by atoms with Crippen molar-refractivity contribution in [2.45, 2.75) is 57.7 Å². The molecule has 0 saturated carbocycles. The van der Waals surface area contributed by atoms with Crippen LogP contribution in [0.25, 0.3) is 0 Å². The molecular weight excluding hydrogens is 348 g/mol. The van der Waals surface area contributed by atoms with E-state index in [1.807, 2.05) is 0 Å². The lowest BCUT2D eigenvalue weighted by molar-refractivity contribution is -0.346. The van der Waals surface area contributed by atoms with Gasteiger partial charge in [0.05, 0.1) is 6.61 Å². The number of rotatable bonds is 9. The molecule has 1 rings (SSSR count). The summed E-state index contributed by atoms with van der Waals surface area (Å²) in [6.45, 7) is 4.56. The maximum absolute atomic E-state index is 13.3. The van der Waals surface area contributed by atoms with Gasteiger partial charge in [0.25, 0.3) is 0 Å². The fraction of sp³-hybridized carbons (Fsp3) is 0.812. The number of esters is 1. The molecule has 0 aromatic heterocycles. The highest BCUT2D eigenvalue weighted by atomic mass is 32.2. The maximum Gasteiger partial charge on any atom is 0.419 e. The third-order valence-electron chi connectivity index (χ3n) is 3.89. The largest absolute Gasteiger partial charge is 0.457 e. The van der Waals surface area contributed by atoms with E-state index in [2.05, 4.69) is 11.3 Å². The molecule has 0 amide bonds. The molecule has 0 aromatic rings. The highest BCUT2D eigenvalue weighted by Gasteiger charge is 2.54. The molecule has 8 heteroatoms. The van der Waals surface area contributed by atoms with E-state index < -0.39 is 30.7 Å². The predicted molar refractivity (Wildman–Crippen MR) is 85.5 cm³/mol. The Labute approximate surface area is 144 Å². The summed E-state index contributed by atoms with van der Waals surface area (Å²) in [6.07, 6.45) is -3.20. The van der Waals surface area contributed by atoms with Crippen LogP contribution in [0, 0.1) is 5.92 Å². The summed E-state index contributed by atoms with van der Waals surface area (Å²) in [5.41, 5.74) is 0.201. The van der Waals surface area contributed by atoms with Crippen LogP contribution in [-0.4, -0.2) is 42.2 Å². The third-order valence-corrected chi connectivity index (χ3v) is 4.94. The molecule has 1 heterocycles. The number of thioether (sulfide) groups is 1. The second-order valence-corrected chi connectivity index (χ2v) is 7.22. The number of hydrogen-bond donors (Lipinski definition) is 0. The molecule has 0 bridgehead atoms. The first-order valence-electron chi connectivity index (χ1n) is 7.93. The zero-order chi connectivity index (χ0) is 18.4. The van der Waals surface area contributed by atoms with Crippen LogP contribution in [0.15, 0.2) is 12.2 Å². The molecule has 0 spiro atoms. The second kappa shape index (κ2) is 9.08. The van der Waals surface area contributed by atoms with E-state index in [4.69, 9.17) is 4.74 Å². The highest BCUT2D eigenvalue weighted by molar-refractivity contribution is 7.99. The van der Waals surface area contributed by atoms with Crippen LogP contribution in [0.5, 0.6) is 0 Å². The molecule has 0 radical (unpaired) electrons. The molecule has 1 atom stereocenters. The molecule has 3 nitrogen and oxygen atoms in total. The van der Waals surface area contributed by atoms with E-state index in [1.54, 1.807) is 18.7 Å². The molecule has 1 fully saturated rings. The number of carbonyl (C=O) groups is 1. The Kier molecular flexibility index (Phi) is 8.05. The van der Waals surface area contributed by atoms with Crippen molar-refractivity contribution in [1.29, 1.82) is 0 Å². The van der Waals surface area contributed by atoms with Crippen molar-refractivity contribution in [2.75, 3.05) is 18.1 Å². The van der Waals surface area contributed by atoms with Crippen LogP contribution in [0.3, 0.4) is 0 Å². The molecular formula is C16H24F4O3S. The number of alkyl halides is 4. The van der Waals surface area contributed by atoms with Crippen molar-refractivity contribution in [3.05, 3.63) is 12.2 Å². The molecule has 24 heavy (non-hydrogen) atoms. The molecule has 1 unspecified atom stereocenters. The molecule has 1 aliphatic rings. The lowest BCUT2D eigenvalue weighted by Gasteiger charge is -2.29. The fourth-order valence-electron chi connectivity index (χ4n) is 2.21. The van der Waals surface area contributed by atoms with Gasteiger partial charge < -0.3 is 9.47 Å². The van der Waals surface area contributed by atoms with Crippen molar-refractivity contribution in [2.24, 2.45) is 5.92 Å². The SMILES string of the molecule is C=C(CC)C(=O)OC(COC(F)(F)C(C)(F)F)CC1CCSCC1. The van der Waals surface area contributed by atoms with Crippen LogP contribution < -0.4 is 0 Å². The van der Waals surface area contributed by atoms with Gasteiger partial charge in [0.2, 0.25) is 0 Å². The standard InChI is InChI=1S/C16H24F4O3S/c1-4-11(2)14(21)23-13(9-12-5-7-24-8-6-12)10-22-16(19,20)15(3,17)18/h12-13H,2,4-10H2,1,3H3. The summed E-state index contributed by atoms with van der Waals surface area (Å²) >= 11 is 1.80. The van der Waals surface area contributed by atoms with Gasteiger partial charge in [-0.25, -0.2) is 4.79 Å². The first-order chi connectivity index (χ1) is 11.1. The molecule has 0 N–H and O–H groups in total. The lowest BCUT2D eigenvalue weighted by Crippen LogP contribution is -2.42. The summed E-state index contributed by atoms with van der Waals surface area (Å²) in [5, 5.41) is 0. The summed E-state index contributed by atoms with van der Waals surface area (Å²) < 4.78 is 61.6. The van der Waals surface area contributed by atoms with Crippen LogP contribution in [0.4, 0.5) is 17.6 Å². The van der Waals surface area contributed by atoms with Gasteiger partial charge in [-0.15, -0.1) is 0 Å². The van der Waals surface area contributed by atoms with Crippen molar-refractivity contribution in [3.63, 3.8) is 0 Å². The van der Waals surface area contributed by atoms with E-state index in [0.29, 0.717) is 12.8 Å². The molecule has 0 aromatic carbocycles. The van der Waals surface area contributed by atoms with Crippen LogP contribution >= 0.6 is 11.8 Å². The normalized spacial score (nSPS) is 18.2. The summed E-state index contributed by atoms with van der Waals surface area (Å²) in [4.78, 5) is 11.8. The first-order valence-corrected chi connectivity index (χ1v) is 9.08. The van der Waals surface area contributed by atoms with Gasteiger partial charge in [0.15, 0.2) is 0 Å². The summed E-state index contributed by atoms with van der Waals surface area (Å²) in [6, 6.07) is 0. The van der Waals surface area contributed by atoms with Crippen molar-refractivity contribution >= 4 is 17.7 Å². The van der Waals surface area contributed by atoms with Gasteiger partial charge >= 0.3 is 18.0 Å². The van der Waals surface area contributed by atoms with E-state index in [0.717, 1.165) is 24.3 Å². The van der Waals surface area contributed by atoms with E-state index in [1.165, 1.54) is 0 Å². The Morgan fingerprint density at radius 3 is 2.38 bits per heavy atom. The second-order valence-electron chi connectivity index (χ2n) is 5.99. The average Bonchev–Trinajstić information content (AvgIpc) is 2.51. The monoisotopic (exact) mass is 372 g/mol. The Morgan fingerprint density at radius 2 is 1.88 bits per heavy atom. The van der Waals surface area contributed by atoms with Gasteiger partial charge in [-0.2, -0.15) is 29.3 Å². The smallest absolute Gasteiger partial charge is 0.419 e. The lowest BCUT2D eigenvalue weighted by atomic mass is 9.95. The topological polar surface area (TPSA) is 35.5 Å². The number of halogens is 4. The van der Waals surface area contributed by atoms with E-state index in [9.17, 15) is 22.4 Å². The van der Waals surface area contributed by atoms with Crippen LogP contribution in [-0.2, 0) is 14.3 Å². The van der Waals surface area contributed by atoms with Gasteiger partial charge in [-0.05, 0) is 43.1 Å². The number of hydrogen-bond acceptors (Lipinski definition) is 4. The quantitative estimate of drug-likeness (QED) is 0.335. The van der Waals surface area contributed by atoms with Crippen LogP contribution in [0.2, 0.25) is 0 Å². The maximum atomic E-state index is 13.3. The van der Waals surface area contributed by atoms with Gasteiger partial charge in [0.1, 0.15) is 6.10 Å². The molecule has 0 aliphatic carbocycles. The van der Waals surface area contributed by atoms with E-state index in [-0.39, 0.29) is 18.4 Å². The predicted octanol–water partition coefficient (Wildman–Crippen LogP) is 4.66. The molecule has 1 saturated heterocycles. The third kappa shape index (κ3) is 6.63. The average molecular weight is 372 g/mol. The molecule has 140 valence electrons. The van der Waals surface area contributed by atoms with Gasteiger partial charge in [-0.3, -0.25) is 0 Å².